The number of amides is 2. The second-order valence-electron chi connectivity index (χ2n) is 11.2. The van der Waals surface area contributed by atoms with Crippen LogP contribution in [0.3, 0.4) is 0 Å². The molecule has 220 valence electrons. The van der Waals surface area contributed by atoms with Crippen molar-refractivity contribution in [2.75, 3.05) is 12.4 Å². The van der Waals surface area contributed by atoms with Crippen molar-refractivity contribution in [1.82, 2.24) is 5.32 Å². The fourth-order valence-corrected chi connectivity index (χ4v) is 6.62. The van der Waals surface area contributed by atoms with Crippen LogP contribution in [-0.2, 0) is 9.59 Å². The lowest BCUT2D eigenvalue weighted by Gasteiger charge is -2.31. The number of carbonyl (C=O) groups is 3. The highest BCUT2D eigenvalue weighted by atomic mass is 19.3. The van der Waals surface area contributed by atoms with Gasteiger partial charge in [-0.05, 0) is 75.0 Å². The van der Waals surface area contributed by atoms with Crippen LogP contribution in [0.15, 0.2) is 36.4 Å². The zero-order chi connectivity index (χ0) is 29.3. The van der Waals surface area contributed by atoms with Crippen molar-refractivity contribution in [2.24, 2.45) is 23.7 Å². The molecule has 0 aromatic heterocycles. The van der Waals surface area contributed by atoms with E-state index in [1.165, 1.54) is 37.4 Å². The number of halogens is 3. The third kappa shape index (κ3) is 6.13. The highest BCUT2D eigenvalue weighted by Gasteiger charge is 2.51. The van der Waals surface area contributed by atoms with E-state index in [0.717, 1.165) is 25.3 Å². The molecule has 0 aliphatic heterocycles. The van der Waals surface area contributed by atoms with Gasteiger partial charge in [0.1, 0.15) is 5.75 Å². The molecule has 2 bridgehead atoms. The van der Waals surface area contributed by atoms with Crippen LogP contribution >= 0.6 is 0 Å². The highest BCUT2D eigenvalue weighted by Crippen LogP contribution is 2.49. The first-order chi connectivity index (χ1) is 19.6. The number of fused-ring (bicyclic) bond motifs is 2. The Morgan fingerprint density at radius 2 is 1.63 bits per heavy atom. The average Bonchev–Trinajstić information content (AvgIpc) is 3.56. The predicted molar refractivity (Wildman–Crippen MR) is 143 cm³/mol. The lowest BCUT2D eigenvalue weighted by Crippen LogP contribution is -2.48. The smallest absolute Gasteiger partial charge is 0.306 e. The minimum Gasteiger partial charge on any atom is -0.496 e. The van der Waals surface area contributed by atoms with E-state index in [1.807, 2.05) is 0 Å². The quantitative estimate of drug-likeness (QED) is 0.361. The summed E-state index contributed by atoms with van der Waals surface area (Å²) in [4.78, 5) is 38.1. The van der Waals surface area contributed by atoms with E-state index in [-0.39, 0.29) is 46.5 Å². The Balaban J connectivity index is 1.30. The van der Waals surface area contributed by atoms with Crippen molar-refractivity contribution in [2.45, 2.75) is 63.5 Å². The summed E-state index contributed by atoms with van der Waals surface area (Å²) < 4.78 is 51.8. The van der Waals surface area contributed by atoms with Crippen LogP contribution in [0.1, 0.15) is 67.3 Å². The first kappa shape index (κ1) is 28.8. The normalized spacial score (nSPS) is 27.0. The molecule has 2 amide bonds. The molecule has 3 aliphatic rings. The highest BCUT2D eigenvalue weighted by molar-refractivity contribution is 5.99. The van der Waals surface area contributed by atoms with Crippen molar-refractivity contribution in [3.05, 3.63) is 53.3 Å². The molecule has 0 spiro atoms. The number of hydrogen-bond acceptors (Lipinski definition) is 5. The number of nitrogens with one attached hydrogen (secondary N) is 2. The van der Waals surface area contributed by atoms with Crippen molar-refractivity contribution >= 4 is 23.5 Å². The zero-order valence-electron chi connectivity index (χ0n) is 22.6. The van der Waals surface area contributed by atoms with E-state index >= 15 is 0 Å². The summed E-state index contributed by atoms with van der Waals surface area (Å²) >= 11 is 0. The van der Waals surface area contributed by atoms with Crippen LogP contribution < -0.4 is 20.1 Å². The van der Waals surface area contributed by atoms with Gasteiger partial charge in [0.05, 0.1) is 30.6 Å². The van der Waals surface area contributed by atoms with Crippen molar-refractivity contribution in [1.29, 1.82) is 0 Å². The van der Waals surface area contributed by atoms with Gasteiger partial charge in [0, 0.05) is 23.4 Å². The molecule has 0 radical (unpaired) electrons. The molecule has 3 fully saturated rings. The number of aliphatic carboxylic acids is 1. The van der Waals surface area contributed by atoms with Gasteiger partial charge < -0.3 is 25.2 Å². The third-order valence-electron chi connectivity index (χ3n) is 8.76. The Labute approximate surface area is 235 Å². The Morgan fingerprint density at radius 1 is 0.951 bits per heavy atom. The molecular formula is C30H33F3N2O6. The number of benzene rings is 2. The topological polar surface area (TPSA) is 114 Å². The maximum atomic E-state index is 14.9. The molecule has 5 rings (SSSR count). The van der Waals surface area contributed by atoms with E-state index < -0.39 is 42.0 Å². The molecule has 2 aromatic rings. The summed E-state index contributed by atoms with van der Waals surface area (Å²) in [6.45, 7) is 0. The zero-order valence-corrected chi connectivity index (χ0v) is 22.6. The summed E-state index contributed by atoms with van der Waals surface area (Å²) in [6, 6.07) is 7.29. The van der Waals surface area contributed by atoms with Crippen LogP contribution in [0.4, 0.5) is 18.9 Å². The number of carboxylic acids is 1. The predicted octanol–water partition coefficient (Wildman–Crippen LogP) is 5.58. The number of rotatable bonds is 9. The Kier molecular flexibility index (Phi) is 8.42. The molecule has 0 heterocycles. The molecule has 3 aliphatic carbocycles. The van der Waals surface area contributed by atoms with E-state index in [2.05, 4.69) is 10.6 Å². The van der Waals surface area contributed by atoms with Gasteiger partial charge >= 0.3 is 5.97 Å². The maximum absolute atomic E-state index is 14.9. The van der Waals surface area contributed by atoms with Gasteiger partial charge in [-0.25, -0.2) is 13.2 Å². The Hall–Kier alpha value is -3.76. The van der Waals surface area contributed by atoms with Crippen molar-refractivity contribution < 1.29 is 42.1 Å². The molecule has 3 N–H and O–H groups in total. The van der Waals surface area contributed by atoms with Gasteiger partial charge in [0.25, 0.3) is 12.3 Å². The molecule has 41 heavy (non-hydrogen) atoms. The van der Waals surface area contributed by atoms with Gasteiger partial charge in [0.15, 0.2) is 11.6 Å². The fraction of sp³-hybridized carbons (Fsp3) is 0.500. The van der Waals surface area contributed by atoms with Crippen LogP contribution in [-0.4, -0.2) is 42.1 Å². The van der Waals surface area contributed by atoms with Crippen LogP contribution in [0.25, 0.3) is 0 Å². The van der Waals surface area contributed by atoms with Crippen molar-refractivity contribution in [3.8, 4) is 11.5 Å². The molecule has 8 nitrogen and oxygen atoms in total. The lowest BCUT2D eigenvalue weighted by molar-refractivity contribution is -0.143. The van der Waals surface area contributed by atoms with Gasteiger partial charge in [-0.2, -0.15) is 0 Å². The SMILES string of the molecule is COc1cc(F)c(O[C@H]2CC[C@@H](C(=O)O)CC2)cc1C(=O)N[C@@H]1[C@H]2CC[C@H](C2)[C@@H]1C(=O)Nc1ccc(C(F)F)cc1. The summed E-state index contributed by atoms with van der Waals surface area (Å²) in [5, 5.41) is 15.0. The largest absolute Gasteiger partial charge is 0.496 e. The van der Waals surface area contributed by atoms with Gasteiger partial charge in [-0.3, -0.25) is 14.4 Å². The number of carboxylic acid groups (broad SMARTS) is 1. The van der Waals surface area contributed by atoms with Gasteiger partial charge in [-0.15, -0.1) is 0 Å². The van der Waals surface area contributed by atoms with E-state index in [1.54, 1.807) is 0 Å². The summed E-state index contributed by atoms with van der Waals surface area (Å²) in [5.74, 6) is -3.27. The van der Waals surface area contributed by atoms with E-state index in [9.17, 15) is 32.7 Å². The lowest BCUT2D eigenvalue weighted by atomic mass is 9.83. The number of ether oxygens (including phenoxy) is 2. The number of methoxy groups -OCH3 is 1. The Morgan fingerprint density at radius 3 is 2.27 bits per heavy atom. The molecule has 3 saturated carbocycles. The molecule has 0 saturated heterocycles. The summed E-state index contributed by atoms with van der Waals surface area (Å²) in [7, 11) is 1.33. The first-order valence-electron chi connectivity index (χ1n) is 13.9. The molecule has 2 aromatic carbocycles. The standard InChI is InChI=1S/C30H33F3N2O6/c1-40-23-14-22(31)24(41-20-10-6-16(7-11-20)30(38)39)13-21(23)28(36)35-26-18-3-2-17(12-18)25(26)29(37)34-19-8-4-15(5-9-19)27(32)33/h4-5,8-9,13-14,16-18,20,25-27H,2-3,6-7,10-12H2,1H3,(H,34,37)(H,35,36)(H,38,39)/t16-,17-,18+,20+,25+,26-/m1/s1. The maximum Gasteiger partial charge on any atom is 0.306 e. The van der Waals surface area contributed by atoms with Crippen LogP contribution in [0.5, 0.6) is 11.5 Å². The minimum atomic E-state index is -2.61. The number of anilines is 1. The molecule has 4 atom stereocenters. The number of carbonyl (C=O) groups excluding carboxylic acids is 2. The third-order valence-corrected chi connectivity index (χ3v) is 8.76. The Bertz CT molecular complexity index is 1300. The van der Waals surface area contributed by atoms with Crippen molar-refractivity contribution in [3.63, 3.8) is 0 Å². The minimum absolute atomic E-state index is 0.0187. The van der Waals surface area contributed by atoms with E-state index in [0.29, 0.717) is 31.4 Å². The second kappa shape index (κ2) is 12.0. The number of alkyl halides is 2. The average molecular weight is 575 g/mol. The summed E-state index contributed by atoms with van der Waals surface area (Å²) in [6.07, 6.45) is 1.26. The fourth-order valence-electron chi connectivity index (χ4n) is 6.62. The first-order valence-corrected chi connectivity index (χ1v) is 13.9. The molecular weight excluding hydrogens is 541 g/mol. The van der Waals surface area contributed by atoms with Crippen LogP contribution in [0, 0.1) is 29.5 Å². The van der Waals surface area contributed by atoms with Gasteiger partial charge in [-0.1, -0.05) is 12.1 Å². The second-order valence-corrected chi connectivity index (χ2v) is 11.2. The molecule has 0 unspecified atom stereocenters. The monoisotopic (exact) mass is 574 g/mol. The molecule has 11 heteroatoms. The van der Waals surface area contributed by atoms with Gasteiger partial charge in [0.2, 0.25) is 5.91 Å². The number of hydrogen-bond donors (Lipinski definition) is 3. The summed E-state index contributed by atoms with van der Waals surface area (Å²) in [5.41, 5.74) is 0.317. The van der Waals surface area contributed by atoms with E-state index in [4.69, 9.17) is 9.47 Å². The van der Waals surface area contributed by atoms with Crippen LogP contribution in [0.2, 0.25) is 0 Å².